The van der Waals surface area contributed by atoms with E-state index in [0.717, 1.165) is 49.2 Å². The van der Waals surface area contributed by atoms with Gasteiger partial charge in [-0.25, -0.2) is 0 Å². The molecule has 2 aliphatic heterocycles. The quantitative estimate of drug-likeness (QED) is 0.159. The van der Waals surface area contributed by atoms with Crippen LogP contribution in [0, 0.1) is 0 Å². The van der Waals surface area contributed by atoms with Crippen LogP contribution in [0.5, 0.6) is 0 Å². The molecular formula is C83H96BN3. The molecule has 6 aliphatic rings. The van der Waals surface area contributed by atoms with Crippen LogP contribution in [0.4, 0.5) is 51.2 Å². The molecule has 4 aliphatic carbocycles. The number of rotatable bonds is 5. The van der Waals surface area contributed by atoms with Crippen LogP contribution in [0.2, 0.25) is 0 Å². The van der Waals surface area contributed by atoms with Crippen molar-refractivity contribution in [3.63, 3.8) is 0 Å². The maximum absolute atomic E-state index is 2.77. The summed E-state index contributed by atoms with van der Waals surface area (Å²) in [7, 11) is 0. The minimum absolute atomic E-state index is 0.000892. The van der Waals surface area contributed by atoms with E-state index in [1.165, 1.54) is 124 Å². The molecule has 2 heterocycles. The van der Waals surface area contributed by atoms with Crippen molar-refractivity contribution in [3.05, 3.63) is 201 Å². The molecule has 0 bridgehead atoms. The summed E-state index contributed by atoms with van der Waals surface area (Å²) in [5.41, 5.74) is 32.2. The zero-order chi connectivity index (χ0) is 61.9. The number of nitrogens with zero attached hydrogens (tertiary/aromatic N) is 3. The Balaban J connectivity index is 1.15. The molecule has 0 amide bonds. The van der Waals surface area contributed by atoms with Gasteiger partial charge in [0.1, 0.15) is 0 Å². The molecule has 0 fully saturated rings. The highest BCUT2D eigenvalue weighted by molar-refractivity contribution is 7.00. The summed E-state index contributed by atoms with van der Waals surface area (Å²) in [5.74, 6) is 0. The second kappa shape index (κ2) is 18.7. The Hall–Kier alpha value is -6.78. The van der Waals surface area contributed by atoms with Crippen molar-refractivity contribution >= 4 is 74.3 Å². The van der Waals surface area contributed by atoms with E-state index in [9.17, 15) is 0 Å². The first-order valence-electron chi connectivity index (χ1n) is 33.2. The van der Waals surface area contributed by atoms with Gasteiger partial charge in [-0.2, -0.15) is 0 Å². The number of hydrogen-bond donors (Lipinski definition) is 0. The molecule has 0 saturated heterocycles. The predicted molar refractivity (Wildman–Crippen MR) is 376 cm³/mol. The van der Waals surface area contributed by atoms with Crippen molar-refractivity contribution in [2.24, 2.45) is 0 Å². The minimum Gasteiger partial charge on any atom is -0.311 e. The number of benzene rings is 8. The monoisotopic (exact) mass is 1150 g/mol. The van der Waals surface area contributed by atoms with Crippen molar-refractivity contribution in [3.8, 4) is 11.1 Å². The number of hydrogen-bond acceptors (Lipinski definition) is 3. The maximum atomic E-state index is 2.77. The Bertz CT molecular complexity index is 4110. The van der Waals surface area contributed by atoms with E-state index in [4.69, 9.17) is 0 Å². The van der Waals surface area contributed by atoms with E-state index in [1.54, 1.807) is 0 Å². The van der Waals surface area contributed by atoms with Gasteiger partial charge in [0.05, 0.1) is 5.69 Å². The Labute approximate surface area is 524 Å². The zero-order valence-corrected chi connectivity index (χ0v) is 56.5. The molecule has 0 radical (unpaired) electrons. The standard InChI is InChI=1S/C83H96BN3/c1-75(2,3)51-25-29-53(30-26-51)85(54-31-27-52(28-32-54)76(4,5)6)57-45-72-74-73(46-57)87(56-34-36-61-63(44-56)78(9,10)38-37-77(61,7)8)71-50-67-65(80(13,14)40-42-82(67,17)18)48-69(71)84(74)68-47-64-66(81(15,16)41-39-79(64,11)12)49-70(68)86(72)55-33-35-59-58-23-21-22-24-60(58)83(19,20)62(59)43-55/h21-36,43-50H,37-42H2,1-20H3. The molecule has 87 heavy (non-hydrogen) atoms. The van der Waals surface area contributed by atoms with Crippen LogP contribution in [0.1, 0.15) is 233 Å². The Kier molecular flexibility index (Phi) is 12.4. The second-order valence-electron chi connectivity index (χ2n) is 34.3. The fourth-order valence-electron chi connectivity index (χ4n) is 17.0. The van der Waals surface area contributed by atoms with Gasteiger partial charge in [-0.15, -0.1) is 0 Å². The predicted octanol–water partition coefficient (Wildman–Crippen LogP) is 21.2. The van der Waals surface area contributed by atoms with Gasteiger partial charge in [-0.1, -0.05) is 211 Å². The average Bonchev–Trinajstić information content (AvgIpc) is 1.01. The van der Waals surface area contributed by atoms with Gasteiger partial charge >= 0.3 is 0 Å². The van der Waals surface area contributed by atoms with E-state index in [-0.39, 0.29) is 55.4 Å². The van der Waals surface area contributed by atoms with Crippen LogP contribution in [0.3, 0.4) is 0 Å². The van der Waals surface area contributed by atoms with E-state index in [1.807, 2.05) is 0 Å². The van der Waals surface area contributed by atoms with Gasteiger partial charge in [0, 0.05) is 50.9 Å². The largest absolute Gasteiger partial charge is 0.311 e. The second-order valence-corrected chi connectivity index (χ2v) is 34.3. The van der Waals surface area contributed by atoms with E-state index in [2.05, 4.69) is 299 Å². The van der Waals surface area contributed by atoms with Gasteiger partial charge in [-0.3, -0.25) is 0 Å². The summed E-state index contributed by atoms with van der Waals surface area (Å²) < 4.78 is 0. The van der Waals surface area contributed by atoms with Crippen LogP contribution in [-0.4, -0.2) is 6.71 Å². The molecule has 8 aromatic rings. The molecule has 0 atom stereocenters. The zero-order valence-electron chi connectivity index (χ0n) is 56.5. The summed E-state index contributed by atoms with van der Waals surface area (Å²) in [6, 6.07) is 59.5. The van der Waals surface area contributed by atoms with Crippen molar-refractivity contribution in [2.45, 2.75) is 226 Å². The van der Waals surface area contributed by atoms with Crippen LogP contribution in [0.25, 0.3) is 11.1 Å². The molecule has 3 nitrogen and oxygen atoms in total. The van der Waals surface area contributed by atoms with Crippen LogP contribution in [-0.2, 0) is 48.7 Å². The summed E-state index contributed by atoms with van der Waals surface area (Å²) in [4.78, 5) is 8.09. The van der Waals surface area contributed by atoms with Gasteiger partial charge in [-0.05, 0) is 238 Å². The summed E-state index contributed by atoms with van der Waals surface area (Å²) in [5, 5.41) is 0. The van der Waals surface area contributed by atoms with Gasteiger partial charge in [0.25, 0.3) is 6.71 Å². The molecule has 0 N–H and O–H groups in total. The first kappa shape index (κ1) is 57.9. The van der Waals surface area contributed by atoms with E-state index in [0.29, 0.717) is 0 Å². The van der Waals surface area contributed by atoms with Gasteiger partial charge in [0.15, 0.2) is 0 Å². The summed E-state index contributed by atoms with van der Waals surface area (Å²) >= 11 is 0. The summed E-state index contributed by atoms with van der Waals surface area (Å²) in [6.07, 6.45) is 6.93. The van der Waals surface area contributed by atoms with Crippen molar-refractivity contribution in [2.75, 3.05) is 14.7 Å². The Morgan fingerprint density at radius 1 is 0.333 bits per heavy atom. The number of fused-ring (bicyclic) bond motifs is 10. The molecule has 8 aromatic carbocycles. The molecular weight excluding hydrogens is 1050 g/mol. The van der Waals surface area contributed by atoms with Crippen molar-refractivity contribution in [1.29, 1.82) is 0 Å². The lowest BCUT2D eigenvalue weighted by molar-refractivity contribution is 0.332. The van der Waals surface area contributed by atoms with Crippen LogP contribution < -0.4 is 31.1 Å². The van der Waals surface area contributed by atoms with Crippen LogP contribution in [0.15, 0.2) is 146 Å². The lowest BCUT2D eigenvalue weighted by Gasteiger charge is -2.49. The third-order valence-corrected chi connectivity index (χ3v) is 23.2. The third-order valence-electron chi connectivity index (χ3n) is 23.2. The highest BCUT2D eigenvalue weighted by Crippen LogP contribution is 2.57. The molecule has 14 rings (SSSR count). The fraction of sp³-hybridized carbons (Fsp3) is 0.422. The smallest absolute Gasteiger partial charge is 0.252 e. The first-order chi connectivity index (χ1) is 40.6. The maximum Gasteiger partial charge on any atom is 0.252 e. The van der Waals surface area contributed by atoms with Crippen molar-refractivity contribution < 1.29 is 0 Å². The molecule has 0 unspecified atom stereocenters. The molecule has 4 heteroatoms. The summed E-state index contributed by atoms with van der Waals surface area (Å²) in [6.45, 7) is 48.9. The van der Waals surface area contributed by atoms with Gasteiger partial charge < -0.3 is 14.7 Å². The minimum atomic E-state index is -0.189. The molecule has 0 spiro atoms. The van der Waals surface area contributed by atoms with Crippen LogP contribution >= 0.6 is 0 Å². The van der Waals surface area contributed by atoms with Gasteiger partial charge in [0.2, 0.25) is 0 Å². The molecule has 446 valence electrons. The third kappa shape index (κ3) is 8.84. The topological polar surface area (TPSA) is 9.72 Å². The normalized spacial score (nSPS) is 19.8. The Morgan fingerprint density at radius 2 is 0.701 bits per heavy atom. The number of anilines is 9. The highest BCUT2D eigenvalue weighted by atomic mass is 15.2. The first-order valence-corrected chi connectivity index (χ1v) is 33.2. The molecule has 0 aromatic heterocycles. The molecule has 0 saturated carbocycles. The van der Waals surface area contributed by atoms with Crippen molar-refractivity contribution in [1.82, 2.24) is 0 Å². The van der Waals surface area contributed by atoms with E-state index >= 15 is 0 Å². The fourth-order valence-corrected chi connectivity index (χ4v) is 17.0. The average molecular weight is 1150 g/mol. The highest BCUT2D eigenvalue weighted by Gasteiger charge is 2.50. The lowest BCUT2D eigenvalue weighted by Crippen LogP contribution is -2.62. The Morgan fingerprint density at radius 3 is 1.14 bits per heavy atom. The lowest BCUT2D eigenvalue weighted by atomic mass is 9.32. The van der Waals surface area contributed by atoms with E-state index < -0.39 is 0 Å². The SMILES string of the molecule is CC(C)(C)c1ccc(N(c2ccc(C(C)(C)C)cc2)c2cc3c4c(c2)N(c2ccc5c(c2)C(C)(C)c2ccccc2-5)c2cc5c(cc2B4c2cc4c(cc2N3c2ccc3c(c2)C(C)(C)CCC3(C)C)C(C)(C)CCC4(C)C)C(C)(C)CCC5(C)C)cc1.